The molecule has 0 aliphatic heterocycles. The van der Waals surface area contributed by atoms with E-state index in [1.807, 2.05) is 36.4 Å². The van der Waals surface area contributed by atoms with Crippen LogP contribution in [0.15, 0.2) is 224 Å². The molecule has 0 N–H and O–H groups in total. The van der Waals surface area contributed by atoms with Crippen LogP contribution in [0.3, 0.4) is 0 Å². The van der Waals surface area contributed by atoms with E-state index >= 15 is 0 Å². The molecule has 0 bridgehead atoms. The third-order valence-corrected chi connectivity index (χ3v) is 12.2. The molecular weight excluding hydrogens is 753 g/mol. The zero-order valence-corrected chi connectivity index (χ0v) is 34.3. The number of aromatic nitrogens is 4. The maximum Gasteiger partial charge on any atom is 0.164 e. The summed E-state index contributed by atoms with van der Waals surface area (Å²) in [5, 5.41) is 2.41. The molecule has 11 rings (SSSR count). The lowest BCUT2D eigenvalue weighted by Gasteiger charge is -2.28. The van der Waals surface area contributed by atoms with Gasteiger partial charge in [-0.05, 0) is 75.7 Å². The van der Waals surface area contributed by atoms with E-state index in [0.29, 0.717) is 17.5 Å². The third-order valence-electron chi connectivity index (χ3n) is 12.2. The van der Waals surface area contributed by atoms with E-state index in [9.17, 15) is 0 Å². The van der Waals surface area contributed by atoms with E-state index in [1.165, 1.54) is 38.6 Å². The average molecular weight is 795 g/mol. The standard InChI is InChI=1S/C58H42N4/c1-39-19-17-18-30-48(39)52-38-47(58-60-56(43-26-13-5-14-27-43)59-57(61-58)44-28-15-6-16-29-44)37-49(42-24-11-4-12-25-42)55(52)62-53-33-31-45(40-20-7-2-8-21-40)35-50(53)51-36-46(32-34-54(51)62)41-22-9-3-10-23-41/h2-39,48H,1H3. The first-order valence-corrected chi connectivity index (χ1v) is 21.3. The highest BCUT2D eigenvalue weighted by molar-refractivity contribution is 6.12. The van der Waals surface area contributed by atoms with Crippen LogP contribution in [-0.4, -0.2) is 19.5 Å². The second kappa shape index (κ2) is 15.9. The maximum absolute atomic E-state index is 5.25. The lowest BCUT2D eigenvalue weighted by Crippen LogP contribution is -2.13. The molecule has 2 atom stereocenters. The Bertz CT molecular complexity index is 3130. The summed E-state index contributed by atoms with van der Waals surface area (Å²) in [6.45, 7) is 2.32. The molecule has 294 valence electrons. The van der Waals surface area contributed by atoms with Crippen LogP contribution >= 0.6 is 0 Å². The molecule has 0 saturated heterocycles. The Morgan fingerprint density at radius 2 is 0.790 bits per heavy atom. The van der Waals surface area contributed by atoms with Crippen molar-refractivity contribution in [1.29, 1.82) is 0 Å². The van der Waals surface area contributed by atoms with Crippen LogP contribution in [0.4, 0.5) is 0 Å². The second-order valence-corrected chi connectivity index (χ2v) is 16.1. The van der Waals surface area contributed by atoms with Gasteiger partial charge in [0.15, 0.2) is 17.5 Å². The SMILES string of the molecule is CC1C=CC=CC1c1cc(-c2nc(-c3ccccc3)nc(-c3ccccc3)n2)cc(-c2ccccc2)c1-n1c2ccc(-c3ccccc3)cc2c2cc(-c3ccccc3)ccc21. The maximum atomic E-state index is 5.25. The molecule has 4 nitrogen and oxygen atoms in total. The zero-order valence-electron chi connectivity index (χ0n) is 34.3. The molecule has 0 saturated carbocycles. The molecule has 1 aliphatic rings. The molecule has 0 amide bonds. The van der Waals surface area contributed by atoms with Gasteiger partial charge in [0, 0.05) is 38.9 Å². The summed E-state index contributed by atoms with van der Waals surface area (Å²) < 4.78 is 2.52. The fourth-order valence-corrected chi connectivity index (χ4v) is 9.05. The molecule has 0 spiro atoms. The Balaban J connectivity index is 1.24. The van der Waals surface area contributed by atoms with Crippen molar-refractivity contribution in [3.63, 3.8) is 0 Å². The Hall–Kier alpha value is -7.95. The monoisotopic (exact) mass is 794 g/mol. The van der Waals surface area contributed by atoms with Gasteiger partial charge in [-0.3, -0.25) is 0 Å². The molecule has 2 aromatic heterocycles. The van der Waals surface area contributed by atoms with Crippen molar-refractivity contribution in [2.75, 3.05) is 0 Å². The molecule has 10 aromatic rings. The molecule has 8 aromatic carbocycles. The molecule has 62 heavy (non-hydrogen) atoms. The second-order valence-electron chi connectivity index (χ2n) is 16.1. The smallest absolute Gasteiger partial charge is 0.164 e. The van der Waals surface area contributed by atoms with Crippen LogP contribution in [0.5, 0.6) is 0 Å². The van der Waals surface area contributed by atoms with Crippen molar-refractivity contribution in [3.05, 3.63) is 230 Å². The predicted molar refractivity (Wildman–Crippen MR) is 257 cm³/mol. The number of allylic oxidation sites excluding steroid dienone is 4. The normalized spacial score (nSPS) is 14.7. The summed E-state index contributed by atoms with van der Waals surface area (Å²) in [6, 6.07) is 71.2. The molecule has 0 radical (unpaired) electrons. The minimum Gasteiger partial charge on any atom is -0.308 e. The largest absolute Gasteiger partial charge is 0.308 e. The van der Waals surface area contributed by atoms with E-state index in [-0.39, 0.29) is 11.8 Å². The van der Waals surface area contributed by atoms with Crippen LogP contribution in [0.1, 0.15) is 18.4 Å². The minimum absolute atomic E-state index is 0.0705. The lowest BCUT2D eigenvalue weighted by molar-refractivity contribution is 0.633. The van der Waals surface area contributed by atoms with Gasteiger partial charge in [-0.15, -0.1) is 0 Å². The van der Waals surface area contributed by atoms with Crippen molar-refractivity contribution in [2.24, 2.45) is 5.92 Å². The minimum atomic E-state index is 0.0705. The number of rotatable bonds is 8. The summed E-state index contributed by atoms with van der Waals surface area (Å²) in [5.41, 5.74) is 14.5. The van der Waals surface area contributed by atoms with Gasteiger partial charge in [-0.1, -0.05) is 195 Å². The van der Waals surface area contributed by atoms with E-state index in [0.717, 1.165) is 44.5 Å². The number of fused-ring (bicyclic) bond motifs is 3. The lowest BCUT2D eigenvalue weighted by atomic mass is 9.81. The van der Waals surface area contributed by atoms with Gasteiger partial charge in [-0.2, -0.15) is 0 Å². The number of nitrogens with zero attached hydrogens (tertiary/aromatic N) is 4. The van der Waals surface area contributed by atoms with Crippen molar-refractivity contribution in [2.45, 2.75) is 12.8 Å². The fourth-order valence-electron chi connectivity index (χ4n) is 9.05. The summed E-state index contributed by atoms with van der Waals surface area (Å²) in [5.74, 6) is 2.22. The summed E-state index contributed by atoms with van der Waals surface area (Å²) in [7, 11) is 0. The van der Waals surface area contributed by atoms with Gasteiger partial charge >= 0.3 is 0 Å². The highest BCUT2D eigenvalue weighted by atomic mass is 15.0. The molecular formula is C58H42N4. The Labute approximate surface area is 361 Å². The van der Waals surface area contributed by atoms with E-state index in [4.69, 9.17) is 15.0 Å². The van der Waals surface area contributed by atoms with E-state index in [2.05, 4.69) is 200 Å². The van der Waals surface area contributed by atoms with Crippen LogP contribution in [0.2, 0.25) is 0 Å². The highest BCUT2D eigenvalue weighted by Crippen LogP contribution is 2.46. The summed E-state index contributed by atoms with van der Waals surface area (Å²) >= 11 is 0. The van der Waals surface area contributed by atoms with Gasteiger partial charge < -0.3 is 4.57 Å². The molecule has 2 heterocycles. The first kappa shape index (κ1) is 37.1. The van der Waals surface area contributed by atoms with Crippen LogP contribution in [0.25, 0.3) is 95.0 Å². The van der Waals surface area contributed by atoms with Crippen molar-refractivity contribution >= 4 is 21.8 Å². The molecule has 0 fully saturated rings. The fraction of sp³-hybridized carbons (Fsp3) is 0.0517. The predicted octanol–water partition coefficient (Wildman–Crippen LogP) is 14.8. The Kier molecular flexibility index (Phi) is 9.51. The summed E-state index contributed by atoms with van der Waals surface area (Å²) in [6.07, 6.45) is 9.04. The Morgan fingerprint density at radius 3 is 1.26 bits per heavy atom. The van der Waals surface area contributed by atoms with Crippen LogP contribution < -0.4 is 0 Å². The molecule has 2 unspecified atom stereocenters. The van der Waals surface area contributed by atoms with Gasteiger partial charge in [0.1, 0.15) is 0 Å². The Morgan fingerprint density at radius 1 is 0.371 bits per heavy atom. The van der Waals surface area contributed by atoms with Crippen molar-refractivity contribution < 1.29 is 0 Å². The quantitative estimate of drug-likeness (QED) is 0.154. The van der Waals surface area contributed by atoms with Gasteiger partial charge in [-0.25, -0.2) is 15.0 Å². The molecule has 4 heteroatoms. The topological polar surface area (TPSA) is 43.6 Å². The average Bonchev–Trinajstić information content (AvgIpc) is 3.67. The van der Waals surface area contributed by atoms with Crippen molar-refractivity contribution in [1.82, 2.24) is 19.5 Å². The third kappa shape index (κ3) is 6.82. The van der Waals surface area contributed by atoms with Crippen LogP contribution in [-0.2, 0) is 0 Å². The number of hydrogen-bond donors (Lipinski definition) is 0. The van der Waals surface area contributed by atoms with Gasteiger partial charge in [0.25, 0.3) is 0 Å². The van der Waals surface area contributed by atoms with Gasteiger partial charge in [0.05, 0.1) is 16.7 Å². The first-order valence-electron chi connectivity index (χ1n) is 21.3. The van der Waals surface area contributed by atoms with E-state index in [1.54, 1.807) is 0 Å². The molecule has 1 aliphatic carbocycles. The van der Waals surface area contributed by atoms with Gasteiger partial charge in [0.2, 0.25) is 0 Å². The van der Waals surface area contributed by atoms with E-state index < -0.39 is 0 Å². The highest BCUT2D eigenvalue weighted by Gasteiger charge is 2.28. The summed E-state index contributed by atoms with van der Waals surface area (Å²) in [4.78, 5) is 15.5. The first-order chi connectivity index (χ1) is 30.7. The van der Waals surface area contributed by atoms with Crippen molar-refractivity contribution in [3.8, 4) is 73.2 Å². The number of hydrogen-bond acceptors (Lipinski definition) is 3. The van der Waals surface area contributed by atoms with Crippen LogP contribution in [0, 0.1) is 5.92 Å². The zero-order chi connectivity index (χ0) is 41.4. The number of benzene rings is 8.